The number of thioether (sulfide) groups is 1. The van der Waals surface area contributed by atoms with E-state index in [0.717, 1.165) is 27.4 Å². The first-order valence-electron chi connectivity index (χ1n) is 12.8. The Morgan fingerprint density at radius 2 is 1.85 bits per heavy atom. The van der Waals surface area contributed by atoms with Gasteiger partial charge in [-0.2, -0.15) is 5.10 Å². The number of aromatic amines is 1. The van der Waals surface area contributed by atoms with Gasteiger partial charge in [-0.15, -0.1) is 0 Å². The molecule has 40 heavy (non-hydrogen) atoms. The lowest BCUT2D eigenvalue weighted by Gasteiger charge is -2.36. The van der Waals surface area contributed by atoms with Crippen LogP contribution >= 0.6 is 11.8 Å². The number of aliphatic hydroxyl groups excluding tert-OH is 1. The number of fused-ring (bicyclic) bond motifs is 1. The first kappa shape index (κ1) is 26.1. The van der Waals surface area contributed by atoms with Crippen molar-refractivity contribution in [3.8, 4) is 0 Å². The Balaban J connectivity index is 1.21. The quantitative estimate of drug-likeness (QED) is 0.231. The van der Waals surface area contributed by atoms with Crippen LogP contribution in [0.15, 0.2) is 90.5 Å². The van der Waals surface area contributed by atoms with E-state index in [0.29, 0.717) is 23.4 Å². The highest BCUT2D eigenvalue weighted by molar-refractivity contribution is 7.99. The number of nitrogens with zero attached hydrogens (tertiary/aromatic N) is 4. The van der Waals surface area contributed by atoms with Crippen molar-refractivity contribution in [2.24, 2.45) is 0 Å². The van der Waals surface area contributed by atoms with Gasteiger partial charge in [0.25, 0.3) is 5.91 Å². The first-order valence-corrected chi connectivity index (χ1v) is 13.7. The van der Waals surface area contributed by atoms with Gasteiger partial charge in [-0.3, -0.25) is 14.9 Å². The maximum atomic E-state index is 13.0. The highest BCUT2D eigenvalue weighted by atomic mass is 32.2. The molecule has 3 atom stereocenters. The van der Waals surface area contributed by atoms with Crippen molar-refractivity contribution in [1.29, 1.82) is 0 Å². The zero-order valence-corrected chi connectivity index (χ0v) is 22.1. The minimum atomic E-state index is -0.658. The standard InChI is InChI=1S/C29H26N6O4S/c36-15-18-8-10-19(11-9-18)26-13-22(16-40-29-31-17-32-35-29)38-28(39-26)20-4-3-5-21(12-20)33-27(37)25-14-30-23-6-1-2-7-24(23)34-25/h1-12,14,17,22,26,28,36H,13,15-16H2,(H,33,37)(H,31,32,35). The molecular weight excluding hydrogens is 528 g/mol. The molecule has 5 aromatic rings. The van der Waals surface area contributed by atoms with Crippen LogP contribution in [0, 0.1) is 0 Å². The molecule has 3 unspecified atom stereocenters. The molecule has 1 aliphatic heterocycles. The number of H-pyrrole nitrogens is 1. The van der Waals surface area contributed by atoms with Gasteiger partial charge in [0.05, 0.1) is 36.0 Å². The molecule has 6 rings (SSSR count). The van der Waals surface area contributed by atoms with E-state index < -0.39 is 6.29 Å². The maximum Gasteiger partial charge on any atom is 0.275 e. The average Bonchev–Trinajstić information content (AvgIpc) is 3.54. The monoisotopic (exact) mass is 554 g/mol. The van der Waals surface area contributed by atoms with Crippen LogP contribution in [0.2, 0.25) is 0 Å². The van der Waals surface area contributed by atoms with Crippen molar-refractivity contribution in [2.45, 2.75) is 36.7 Å². The Bertz CT molecular complexity index is 1600. The van der Waals surface area contributed by atoms with E-state index in [4.69, 9.17) is 9.47 Å². The number of hydrogen-bond donors (Lipinski definition) is 3. The third-order valence-corrected chi connectivity index (χ3v) is 7.52. The summed E-state index contributed by atoms with van der Waals surface area (Å²) in [5, 5.41) is 19.8. The van der Waals surface area contributed by atoms with Crippen molar-refractivity contribution in [1.82, 2.24) is 25.1 Å². The number of nitrogens with one attached hydrogen (secondary N) is 2. The van der Waals surface area contributed by atoms with Gasteiger partial charge in [-0.25, -0.2) is 9.97 Å². The molecule has 0 saturated carbocycles. The summed E-state index contributed by atoms with van der Waals surface area (Å²) in [5.41, 5.74) is 4.80. The summed E-state index contributed by atoms with van der Waals surface area (Å²) in [7, 11) is 0. The van der Waals surface area contributed by atoms with Crippen LogP contribution in [0.5, 0.6) is 0 Å². The number of amides is 1. The van der Waals surface area contributed by atoms with E-state index in [1.165, 1.54) is 24.3 Å². The number of benzene rings is 3. The van der Waals surface area contributed by atoms with E-state index in [1.807, 2.05) is 66.7 Å². The smallest absolute Gasteiger partial charge is 0.275 e. The molecule has 0 radical (unpaired) electrons. The highest BCUT2D eigenvalue weighted by Gasteiger charge is 2.32. The van der Waals surface area contributed by atoms with Gasteiger partial charge >= 0.3 is 0 Å². The number of carbonyl (C=O) groups excluding carboxylic acids is 1. The van der Waals surface area contributed by atoms with Gasteiger partial charge in [0.1, 0.15) is 12.0 Å². The molecule has 0 bridgehead atoms. The second-order valence-corrected chi connectivity index (χ2v) is 10.3. The van der Waals surface area contributed by atoms with Gasteiger partial charge in [-0.1, -0.05) is 60.3 Å². The molecule has 3 heterocycles. The summed E-state index contributed by atoms with van der Waals surface area (Å²) < 4.78 is 12.8. The lowest BCUT2D eigenvalue weighted by molar-refractivity contribution is -0.245. The normalized spacial score (nSPS) is 19.0. The fourth-order valence-corrected chi connectivity index (χ4v) is 5.28. The zero-order chi connectivity index (χ0) is 27.3. The average molecular weight is 555 g/mol. The molecule has 1 aliphatic rings. The lowest BCUT2D eigenvalue weighted by Crippen LogP contribution is -2.31. The zero-order valence-electron chi connectivity index (χ0n) is 21.3. The lowest BCUT2D eigenvalue weighted by atomic mass is 10.0. The molecule has 202 valence electrons. The van der Waals surface area contributed by atoms with Crippen LogP contribution in [0.3, 0.4) is 0 Å². The summed E-state index contributed by atoms with van der Waals surface area (Å²) in [6.07, 6.45) is 2.57. The second kappa shape index (κ2) is 11.9. The summed E-state index contributed by atoms with van der Waals surface area (Å²) in [4.78, 5) is 25.9. The molecule has 1 fully saturated rings. The Morgan fingerprint density at radius 1 is 1.00 bits per heavy atom. The summed E-state index contributed by atoms with van der Waals surface area (Å²) in [5.74, 6) is 0.293. The van der Waals surface area contributed by atoms with Crippen molar-refractivity contribution in [3.05, 3.63) is 108 Å². The maximum absolute atomic E-state index is 13.0. The molecule has 2 aromatic heterocycles. The Labute approximate surface area is 234 Å². The number of rotatable bonds is 8. The number of aromatic nitrogens is 5. The molecule has 0 aliphatic carbocycles. The van der Waals surface area contributed by atoms with Crippen LogP contribution in [0.25, 0.3) is 11.0 Å². The van der Waals surface area contributed by atoms with E-state index in [-0.39, 0.29) is 30.4 Å². The fourth-order valence-electron chi connectivity index (χ4n) is 4.48. The third kappa shape index (κ3) is 6.02. The molecule has 1 saturated heterocycles. The summed E-state index contributed by atoms with van der Waals surface area (Å²) >= 11 is 1.53. The molecule has 10 nitrogen and oxygen atoms in total. The SMILES string of the molecule is O=C(Nc1cccc(C2OC(CSc3ncn[nH]3)CC(c3ccc(CO)cc3)O2)c1)c1cnc2ccccc2n1. The van der Waals surface area contributed by atoms with Crippen LogP contribution < -0.4 is 5.32 Å². The van der Waals surface area contributed by atoms with Gasteiger partial charge in [-0.05, 0) is 35.4 Å². The Hall–Kier alpha value is -4.16. The van der Waals surface area contributed by atoms with E-state index >= 15 is 0 Å². The summed E-state index contributed by atoms with van der Waals surface area (Å²) in [6.45, 7) is -0.0166. The predicted molar refractivity (Wildman–Crippen MR) is 149 cm³/mol. The van der Waals surface area contributed by atoms with Gasteiger partial charge in [0.2, 0.25) is 0 Å². The largest absolute Gasteiger partial charge is 0.392 e. The highest BCUT2D eigenvalue weighted by Crippen LogP contribution is 2.39. The molecule has 3 N–H and O–H groups in total. The van der Waals surface area contributed by atoms with E-state index in [9.17, 15) is 9.90 Å². The predicted octanol–water partition coefficient (Wildman–Crippen LogP) is 4.83. The van der Waals surface area contributed by atoms with Gasteiger partial charge < -0.3 is 19.9 Å². The van der Waals surface area contributed by atoms with Crippen LogP contribution in [0.1, 0.15) is 46.0 Å². The number of para-hydroxylation sites is 2. The number of carbonyl (C=O) groups is 1. The van der Waals surface area contributed by atoms with Crippen LogP contribution in [-0.4, -0.2) is 48.0 Å². The molecule has 0 spiro atoms. The van der Waals surface area contributed by atoms with Crippen molar-refractivity contribution in [3.63, 3.8) is 0 Å². The number of anilines is 1. The topological polar surface area (TPSA) is 135 Å². The van der Waals surface area contributed by atoms with E-state index in [1.54, 1.807) is 6.07 Å². The van der Waals surface area contributed by atoms with Crippen molar-refractivity contribution >= 4 is 34.4 Å². The molecule has 1 amide bonds. The number of hydrogen-bond acceptors (Lipinski definition) is 9. The van der Waals surface area contributed by atoms with Crippen molar-refractivity contribution in [2.75, 3.05) is 11.1 Å². The summed E-state index contributed by atoms with van der Waals surface area (Å²) in [6, 6.07) is 22.6. The number of aliphatic hydroxyl groups is 1. The molecule has 3 aromatic carbocycles. The van der Waals surface area contributed by atoms with E-state index in [2.05, 4.69) is 30.5 Å². The Kier molecular flexibility index (Phi) is 7.78. The number of ether oxygens (including phenoxy) is 2. The molecular formula is C29H26N6O4S. The van der Waals surface area contributed by atoms with Crippen LogP contribution in [-0.2, 0) is 16.1 Å². The minimum Gasteiger partial charge on any atom is -0.392 e. The van der Waals surface area contributed by atoms with Crippen molar-refractivity contribution < 1.29 is 19.4 Å². The van der Waals surface area contributed by atoms with Gasteiger partial charge in [0.15, 0.2) is 11.4 Å². The molecule has 11 heteroatoms. The first-order chi connectivity index (χ1) is 19.6. The van der Waals surface area contributed by atoms with Crippen LogP contribution in [0.4, 0.5) is 5.69 Å². The van der Waals surface area contributed by atoms with Gasteiger partial charge in [0, 0.05) is 23.4 Å². The Morgan fingerprint density at radius 3 is 2.65 bits per heavy atom. The fraction of sp³-hybridized carbons (Fsp3) is 0.207. The third-order valence-electron chi connectivity index (χ3n) is 6.51. The minimum absolute atomic E-state index is 0.0166. The second-order valence-electron chi connectivity index (χ2n) is 9.28.